The zero-order valence-corrected chi connectivity index (χ0v) is 21.3. The van der Waals surface area contributed by atoms with Crippen molar-refractivity contribution >= 4 is 5.97 Å². The molecule has 1 heterocycles. The van der Waals surface area contributed by atoms with E-state index in [-0.39, 0.29) is 12.2 Å². The van der Waals surface area contributed by atoms with Crippen LogP contribution in [0.2, 0.25) is 0 Å². The van der Waals surface area contributed by atoms with Gasteiger partial charge < -0.3 is 45.2 Å². The van der Waals surface area contributed by atoms with Crippen molar-refractivity contribution in [3.8, 4) is 0 Å². The van der Waals surface area contributed by atoms with Crippen molar-refractivity contribution in [1.82, 2.24) is 0 Å². The molecular weight excluding hydrogens is 472 g/mol. The number of ether oxygens (including phenoxy) is 2. The van der Waals surface area contributed by atoms with E-state index in [2.05, 4.69) is 6.58 Å². The minimum atomic E-state index is -1.54. The Balaban J connectivity index is 2.65. The van der Waals surface area contributed by atoms with Crippen LogP contribution in [0, 0.1) is 0 Å². The lowest BCUT2D eigenvalue weighted by Gasteiger charge is -2.42. The summed E-state index contributed by atoms with van der Waals surface area (Å²) in [6.07, 6.45) is 1.39. The third kappa shape index (κ3) is 10.2. The van der Waals surface area contributed by atoms with E-state index in [1.54, 1.807) is 13.0 Å². The fourth-order valence-corrected chi connectivity index (χ4v) is 3.78. The molecule has 0 aromatic rings. The van der Waals surface area contributed by atoms with E-state index in [1.165, 1.54) is 13.0 Å². The normalized spacial score (nSPS) is 28.5. The predicted molar refractivity (Wildman–Crippen MR) is 133 cm³/mol. The van der Waals surface area contributed by atoms with Crippen molar-refractivity contribution in [3.05, 3.63) is 47.6 Å². The number of aliphatic hydroxyl groups excluding tert-OH is 6. The number of hydrogen-bond acceptors (Lipinski definition) is 9. The highest BCUT2D eigenvalue weighted by Crippen LogP contribution is 2.29. The number of rotatable bonds is 15. The number of aliphatic hydroxyl groups is 6. The molecule has 1 fully saturated rings. The van der Waals surface area contributed by atoms with Gasteiger partial charge in [-0.3, -0.25) is 0 Å². The number of allylic oxidation sites excluding steroid dienone is 2. The second kappa shape index (κ2) is 15.4. The molecule has 0 bridgehead atoms. The van der Waals surface area contributed by atoms with Crippen molar-refractivity contribution < 1.29 is 50.0 Å². The van der Waals surface area contributed by atoms with E-state index < -0.39 is 55.0 Å². The van der Waals surface area contributed by atoms with Gasteiger partial charge in [-0.15, -0.1) is 6.58 Å². The zero-order chi connectivity index (χ0) is 27.5. The second-order valence-corrected chi connectivity index (χ2v) is 9.41. The molecule has 1 aliphatic heterocycles. The molecule has 0 amide bonds. The first kappa shape index (κ1) is 32.1. The van der Waals surface area contributed by atoms with Gasteiger partial charge in [-0.1, -0.05) is 23.8 Å². The first-order valence-electron chi connectivity index (χ1n) is 12.0. The standard InChI is InChI=1S/C26H42O10/c1-5-26(4,36-25-23(32)22(31)21(30)20(15-28)35-25)11-7-10-18(14-27)9-6-8-16(2)12-19(29)13-17(3)24(33)34/h5,8,10,13,19-23,25,27-32H,1,6-7,9,11-12,14-15H2,2-4H3,(H,33,34)/b16-8+,17-13+,18-10-/t19-,20+,21+,22-,23+,25-,26-/m1/s1. The fourth-order valence-electron chi connectivity index (χ4n) is 3.78. The Labute approximate surface area is 212 Å². The van der Waals surface area contributed by atoms with E-state index in [0.717, 1.165) is 11.1 Å². The van der Waals surface area contributed by atoms with Gasteiger partial charge in [0.15, 0.2) is 6.29 Å². The molecule has 0 aliphatic carbocycles. The largest absolute Gasteiger partial charge is 0.478 e. The van der Waals surface area contributed by atoms with E-state index in [4.69, 9.17) is 14.6 Å². The van der Waals surface area contributed by atoms with Gasteiger partial charge in [-0.05, 0) is 64.5 Å². The number of carbonyl (C=O) groups is 1. The highest BCUT2D eigenvalue weighted by molar-refractivity contribution is 5.85. The molecule has 1 rings (SSSR count). The van der Waals surface area contributed by atoms with Crippen LogP contribution in [0.4, 0.5) is 0 Å². The third-order valence-corrected chi connectivity index (χ3v) is 6.21. The van der Waals surface area contributed by atoms with Crippen LogP contribution >= 0.6 is 0 Å². The van der Waals surface area contributed by atoms with Crippen LogP contribution in [0.5, 0.6) is 0 Å². The lowest BCUT2D eigenvalue weighted by molar-refractivity contribution is -0.319. The van der Waals surface area contributed by atoms with Gasteiger partial charge >= 0.3 is 5.97 Å². The molecule has 206 valence electrons. The maximum absolute atomic E-state index is 10.8. The maximum atomic E-state index is 10.8. The molecule has 1 saturated heterocycles. The summed E-state index contributed by atoms with van der Waals surface area (Å²) in [5, 5.41) is 68.0. The quantitative estimate of drug-likeness (QED) is 0.123. The van der Waals surface area contributed by atoms with Gasteiger partial charge in [-0.25, -0.2) is 4.79 Å². The van der Waals surface area contributed by atoms with Gasteiger partial charge in [0.25, 0.3) is 0 Å². The molecule has 36 heavy (non-hydrogen) atoms. The van der Waals surface area contributed by atoms with Crippen LogP contribution < -0.4 is 0 Å². The smallest absolute Gasteiger partial charge is 0.331 e. The van der Waals surface area contributed by atoms with Crippen LogP contribution in [0.15, 0.2) is 47.6 Å². The molecule has 7 atom stereocenters. The van der Waals surface area contributed by atoms with Crippen LogP contribution in [-0.2, 0) is 14.3 Å². The van der Waals surface area contributed by atoms with Crippen molar-refractivity contribution in [2.75, 3.05) is 13.2 Å². The summed E-state index contributed by atoms with van der Waals surface area (Å²) >= 11 is 0. The lowest BCUT2D eigenvalue weighted by Crippen LogP contribution is -2.60. The van der Waals surface area contributed by atoms with E-state index >= 15 is 0 Å². The fraction of sp³-hybridized carbons (Fsp3) is 0.654. The van der Waals surface area contributed by atoms with Crippen molar-refractivity contribution in [3.63, 3.8) is 0 Å². The van der Waals surface area contributed by atoms with Gasteiger partial charge in [0, 0.05) is 5.57 Å². The number of aliphatic carboxylic acids is 1. The Bertz CT molecular complexity index is 803. The highest BCUT2D eigenvalue weighted by Gasteiger charge is 2.45. The maximum Gasteiger partial charge on any atom is 0.331 e. The van der Waals surface area contributed by atoms with Crippen LogP contribution in [-0.4, -0.2) is 97.3 Å². The summed E-state index contributed by atoms with van der Waals surface area (Å²) in [6, 6.07) is 0. The molecule has 7 N–H and O–H groups in total. The first-order valence-corrected chi connectivity index (χ1v) is 12.0. The molecule has 10 nitrogen and oxygen atoms in total. The molecule has 0 unspecified atom stereocenters. The minimum absolute atomic E-state index is 0.0860. The van der Waals surface area contributed by atoms with Gasteiger partial charge in [0.2, 0.25) is 0 Å². The summed E-state index contributed by atoms with van der Waals surface area (Å²) in [4.78, 5) is 10.8. The molecule has 10 heteroatoms. The average Bonchev–Trinajstić information content (AvgIpc) is 2.83. The van der Waals surface area contributed by atoms with E-state index in [1.807, 2.05) is 19.1 Å². The number of carboxylic acids is 1. The minimum Gasteiger partial charge on any atom is -0.478 e. The summed E-state index contributed by atoms with van der Waals surface area (Å²) < 4.78 is 11.3. The van der Waals surface area contributed by atoms with Crippen LogP contribution in [0.3, 0.4) is 0 Å². The van der Waals surface area contributed by atoms with Crippen molar-refractivity contribution in [1.29, 1.82) is 0 Å². The predicted octanol–water partition coefficient (Wildman–Crippen LogP) is 0.955. The molecular formula is C26H42O10. The molecule has 0 radical (unpaired) electrons. The molecule has 1 aliphatic rings. The molecule has 0 saturated carbocycles. The molecule has 0 aromatic carbocycles. The van der Waals surface area contributed by atoms with Crippen LogP contribution in [0.25, 0.3) is 0 Å². The summed E-state index contributed by atoms with van der Waals surface area (Å²) in [7, 11) is 0. The first-order chi connectivity index (χ1) is 16.9. The van der Waals surface area contributed by atoms with Gasteiger partial charge in [-0.2, -0.15) is 0 Å². The summed E-state index contributed by atoms with van der Waals surface area (Å²) in [5.41, 5.74) is 0.837. The van der Waals surface area contributed by atoms with Crippen LogP contribution in [0.1, 0.15) is 52.9 Å². The Morgan fingerprint density at radius 1 is 1.11 bits per heavy atom. The topological polar surface area (TPSA) is 177 Å². The summed E-state index contributed by atoms with van der Waals surface area (Å²) in [5.74, 6) is -1.07. The molecule has 0 spiro atoms. The number of carboxylic acid groups (broad SMARTS) is 1. The number of hydrogen-bond donors (Lipinski definition) is 7. The second-order valence-electron chi connectivity index (χ2n) is 9.41. The molecule has 0 aromatic heterocycles. The van der Waals surface area contributed by atoms with Gasteiger partial charge in [0.1, 0.15) is 24.4 Å². The van der Waals surface area contributed by atoms with Crippen molar-refractivity contribution in [2.24, 2.45) is 0 Å². The Hall–Kier alpha value is -1.89. The van der Waals surface area contributed by atoms with E-state index in [9.17, 15) is 35.4 Å². The Morgan fingerprint density at radius 3 is 2.33 bits per heavy atom. The Morgan fingerprint density at radius 2 is 1.78 bits per heavy atom. The summed E-state index contributed by atoms with van der Waals surface area (Å²) in [6.45, 7) is 8.10. The average molecular weight is 515 g/mol. The third-order valence-electron chi connectivity index (χ3n) is 6.21. The highest BCUT2D eigenvalue weighted by atomic mass is 16.7. The van der Waals surface area contributed by atoms with E-state index in [0.29, 0.717) is 32.1 Å². The SMILES string of the molecule is C=C[C@](C)(CC/C=C(\CO)CC/C=C(\C)C[C@@H](O)/C=C(\C)C(=O)O)O[C@H]1O[C@@H](CO)[C@H](O)[C@@H](O)[C@@H]1O. The Kier molecular flexibility index (Phi) is 13.7. The van der Waals surface area contributed by atoms with Crippen molar-refractivity contribution in [2.45, 2.75) is 95.3 Å². The van der Waals surface area contributed by atoms with Gasteiger partial charge in [0.05, 0.1) is 24.9 Å². The monoisotopic (exact) mass is 514 g/mol. The lowest BCUT2D eigenvalue weighted by atomic mass is 9.96. The zero-order valence-electron chi connectivity index (χ0n) is 21.3.